The minimum atomic E-state index is -0.809. The SMILES string of the molecule is Cc1nn(-c2ccc(F)cc2)c(C)c1/C=C/C(=O)NC(C)(C)c1noc(C(C)(C)C)n1. The van der Waals surface area contributed by atoms with Crippen LogP contribution >= 0.6 is 0 Å². The summed E-state index contributed by atoms with van der Waals surface area (Å²) in [6.07, 6.45) is 3.18. The van der Waals surface area contributed by atoms with Crippen LogP contribution in [0, 0.1) is 19.7 Å². The molecule has 31 heavy (non-hydrogen) atoms. The molecule has 0 aliphatic carbocycles. The number of rotatable bonds is 5. The molecule has 0 spiro atoms. The van der Waals surface area contributed by atoms with Gasteiger partial charge in [-0.3, -0.25) is 4.79 Å². The predicted molar refractivity (Wildman–Crippen MR) is 116 cm³/mol. The van der Waals surface area contributed by atoms with Crippen LogP contribution < -0.4 is 5.32 Å². The minimum Gasteiger partial charge on any atom is -0.340 e. The van der Waals surface area contributed by atoms with Gasteiger partial charge in [-0.15, -0.1) is 0 Å². The quantitative estimate of drug-likeness (QED) is 0.614. The van der Waals surface area contributed by atoms with E-state index in [4.69, 9.17) is 4.52 Å². The monoisotopic (exact) mass is 425 g/mol. The van der Waals surface area contributed by atoms with E-state index in [-0.39, 0.29) is 17.1 Å². The zero-order valence-electron chi connectivity index (χ0n) is 18.9. The molecular weight excluding hydrogens is 397 g/mol. The average molecular weight is 426 g/mol. The van der Waals surface area contributed by atoms with Gasteiger partial charge in [-0.05, 0) is 58.0 Å². The van der Waals surface area contributed by atoms with Gasteiger partial charge in [0.05, 0.1) is 16.9 Å². The molecule has 3 rings (SSSR count). The highest BCUT2D eigenvalue weighted by Crippen LogP contribution is 2.24. The molecule has 7 nitrogen and oxygen atoms in total. The molecule has 0 atom stereocenters. The molecule has 0 bridgehead atoms. The zero-order chi connectivity index (χ0) is 23.0. The fraction of sp³-hybridized carbons (Fsp3) is 0.391. The molecule has 0 radical (unpaired) electrons. The standard InChI is InChI=1S/C23H28FN5O2/c1-14-18(15(2)29(27-14)17-10-8-16(24)9-11-17)12-13-19(30)26-23(6,7)20-25-21(31-28-20)22(3,4)5/h8-13H,1-7H3,(H,26,30)/b13-12+. The third-order valence-corrected chi connectivity index (χ3v) is 4.88. The van der Waals surface area contributed by atoms with Crippen LogP contribution in [0.4, 0.5) is 4.39 Å². The Morgan fingerprint density at radius 3 is 2.35 bits per heavy atom. The summed E-state index contributed by atoms with van der Waals surface area (Å²) < 4.78 is 20.3. The summed E-state index contributed by atoms with van der Waals surface area (Å²) in [5.74, 6) is 0.330. The van der Waals surface area contributed by atoms with Crippen molar-refractivity contribution in [1.82, 2.24) is 25.2 Å². The molecule has 0 saturated heterocycles. The van der Waals surface area contributed by atoms with Gasteiger partial charge < -0.3 is 9.84 Å². The van der Waals surface area contributed by atoms with Crippen molar-refractivity contribution < 1.29 is 13.7 Å². The number of hydrogen-bond donors (Lipinski definition) is 1. The molecule has 0 aliphatic heterocycles. The molecule has 3 aromatic rings. The Morgan fingerprint density at radius 2 is 1.77 bits per heavy atom. The van der Waals surface area contributed by atoms with Crippen molar-refractivity contribution in [2.24, 2.45) is 0 Å². The summed E-state index contributed by atoms with van der Waals surface area (Å²) in [5, 5.41) is 11.5. The Bertz CT molecular complexity index is 1120. The molecule has 1 amide bonds. The van der Waals surface area contributed by atoms with Crippen LogP contribution in [-0.2, 0) is 15.7 Å². The highest BCUT2D eigenvalue weighted by atomic mass is 19.1. The van der Waals surface area contributed by atoms with Gasteiger partial charge in [-0.1, -0.05) is 25.9 Å². The number of benzene rings is 1. The lowest BCUT2D eigenvalue weighted by Gasteiger charge is -2.21. The molecule has 0 fully saturated rings. The lowest BCUT2D eigenvalue weighted by Crippen LogP contribution is -2.41. The first-order chi connectivity index (χ1) is 14.4. The van der Waals surface area contributed by atoms with Crippen molar-refractivity contribution in [3.05, 3.63) is 64.8 Å². The number of nitrogens with one attached hydrogen (secondary N) is 1. The van der Waals surface area contributed by atoms with E-state index in [9.17, 15) is 9.18 Å². The largest absolute Gasteiger partial charge is 0.340 e. The van der Waals surface area contributed by atoms with Crippen LogP contribution in [-0.4, -0.2) is 25.8 Å². The average Bonchev–Trinajstić information content (AvgIpc) is 3.27. The third-order valence-electron chi connectivity index (χ3n) is 4.88. The molecule has 0 unspecified atom stereocenters. The zero-order valence-corrected chi connectivity index (χ0v) is 18.9. The van der Waals surface area contributed by atoms with Crippen LogP contribution in [0.3, 0.4) is 0 Å². The van der Waals surface area contributed by atoms with Crippen molar-refractivity contribution in [1.29, 1.82) is 0 Å². The Morgan fingerprint density at radius 1 is 1.13 bits per heavy atom. The van der Waals surface area contributed by atoms with E-state index in [0.29, 0.717) is 11.7 Å². The maximum Gasteiger partial charge on any atom is 0.244 e. The number of amides is 1. The maximum atomic E-state index is 13.2. The maximum absolute atomic E-state index is 13.2. The number of nitrogens with zero attached hydrogens (tertiary/aromatic N) is 4. The summed E-state index contributed by atoms with van der Waals surface area (Å²) in [4.78, 5) is 17.0. The van der Waals surface area contributed by atoms with Crippen LogP contribution in [0.2, 0.25) is 0 Å². The molecule has 0 saturated carbocycles. The van der Waals surface area contributed by atoms with E-state index in [1.807, 2.05) is 48.5 Å². The number of carbonyl (C=O) groups excluding carboxylic acids is 1. The summed E-state index contributed by atoms with van der Waals surface area (Å²) in [6, 6.07) is 6.10. The summed E-state index contributed by atoms with van der Waals surface area (Å²) >= 11 is 0. The highest BCUT2D eigenvalue weighted by molar-refractivity contribution is 5.92. The molecular formula is C23H28FN5O2. The molecule has 2 heterocycles. The summed E-state index contributed by atoms with van der Waals surface area (Å²) in [7, 11) is 0. The van der Waals surface area contributed by atoms with Crippen molar-refractivity contribution >= 4 is 12.0 Å². The van der Waals surface area contributed by atoms with Crippen LogP contribution in [0.5, 0.6) is 0 Å². The van der Waals surface area contributed by atoms with Crippen molar-refractivity contribution in [3.63, 3.8) is 0 Å². The Kier molecular flexibility index (Phi) is 5.85. The van der Waals surface area contributed by atoms with Gasteiger partial charge in [0.15, 0.2) is 5.82 Å². The molecule has 8 heteroatoms. The smallest absolute Gasteiger partial charge is 0.244 e. The van der Waals surface area contributed by atoms with Crippen molar-refractivity contribution in [2.75, 3.05) is 0 Å². The van der Waals surface area contributed by atoms with Gasteiger partial charge in [-0.2, -0.15) is 10.1 Å². The lowest BCUT2D eigenvalue weighted by atomic mass is 9.97. The van der Waals surface area contributed by atoms with Crippen LogP contribution in [0.1, 0.15) is 63.3 Å². The van der Waals surface area contributed by atoms with E-state index in [1.54, 1.807) is 22.9 Å². The van der Waals surface area contributed by atoms with E-state index in [1.165, 1.54) is 18.2 Å². The van der Waals surface area contributed by atoms with Gasteiger partial charge in [0.25, 0.3) is 0 Å². The van der Waals surface area contributed by atoms with E-state index >= 15 is 0 Å². The minimum absolute atomic E-state index is 0.273. The number of aromatic nitrogens is 4. The number of halogens is 1. The summed E-state index contributed by atoms with van der Waals surface area (Å²) in [5.41, 5.74) is 2.10. The van der Waals surface area contributed by atoms with Gasteiger partial charge in [0.2, 0.25) is 11.8 Å². The second-order valence-corrected chi connectivity index (χ2v) is 9.09. The number of carbonyl (C=O) groups is 1. The first-order valence-electron chi connectivity index (χ1n) is 10.1. The van der Waals surface area contributed by atoms with E-state index < -0.39 is 5.54 Å². The Labute approximate surface area is 181 Å². The third kappa shape index (κ3) is 4.90. The van der Waals surface area contributed by atoms with Gasteiger partial charge in [0, 0.05) is 22.7 Å². The number of hydrogen-bond acceptors (Lipinski definition) is 5. The highest BCUT2D eigenvalue weighted by Gasteiger charge is 2.31. The second-order valence-electron chi connectivity index (χ2n) is 9.09. The van der Waals surface area contributed by atoms with Gasteiger partial charge in [-0.25, -0.2) is 9.07 Å². The molecule has 0 aliphatic rings. The molecule has 164 valence electrons. The Balaban J connectivity index is 1.77. The molecule has 1 aromatic carbocycles. The van der Waals surface area contributed by atoms with E-state index in [0.717, 1.165) is 22.6 Å². The fourth-order valence-electron chi connectivity index (χ4n) is 3.08. The first-order valence-corrected chi connectivity index (χ1v) is 10.1. The normalized spacial score (nSPS) is 12.5. The second kappa shape index (κ2) is 8.09. The first kappa shape index (κ1) is 22.4. The fourth-order valence-corrected chi connectivity index (χ4v) is 3.08. The summed E-state index contributed by atoms with van der Waals surface area (Å²) in [6.45, 7) is 13.3. The van der Waals surface area contributed by atoms with Crippen LogP contribution in [0.25, 0.3) is 11.8 Å². The van der Waals surface area contributed by atoms with Crippen LogP contribution in [0.15, 0.2) is 34.9 Å². The molecule has 1 N–H and O–H groups in total. The van der Waals surface area contributed by atoms with Gasteiger partial charge >= 0.3 is 0 Å². The number of aryl methyl sites for hydroxylation is 1. The predicted octanol–water partition coefficient (Wildman–Crippen LogP) is 4.37. The topological polar surface area (TPSA) is 85.8 Å². The Hall–Kier alpha value is -3.29. The van der Waals surface area contributed by atoms with Crippen molar-refractivity contribution in [3.8, 4) is 5.69 Å². The molecule has 2 aromatic heterocycles. The lowest BCUT2D eigenvalue weighted by molar-refractivity contribution is -0.118. The van der Waals surface area contributed by atoms with E-state index in [2.05, 4.69) is 20.6 Å². The van der Waals surface area contributed by atoms with Gasteiger partial charge in [0.1, 0.15) is 5.82 Å². The van der Waals surface area contributed by atoms with Crippen molar-refractivity contribution in [2.45, 2.75) is 59.4 Å².